The van der Waals surface area contributed by atoms with Gasteiger partial charge >= 0.3 is 12.1 Å². The summed E-state index contributed by atoms with van der Waals surface area (Å²) in [5.74, 6) is 0.787. The van der Waals surface area contributed by atoms with Gasteiger partial charge in [-0.15, -0.1) is 0 Å². The molecule has 11 nitrogen and oxygen atoms in total. The van der Waals surface area contributed by atoms with Gasteiger partial charge in [0, 0.05) is 41.8 Å². The smallest absolute Gasteiger partial charge is 0.323 e. The number of carbonyl (C=O) groups excluding carboxylic acids is 3. The molecule has 4 N–H and O–H groups in total. The number of nitrogens with one attached hydrogen (secondary N) is 3. The van der Waals surface area contributed by atoms with Crippen molar-refractivity contribution in [3.8, 4) is 11.5 Å². The van der Waals surface area contributed by atoms with Crippen LogP contribution in [-0.2, 0) is 11.2 Å². The van der Waals surface area contributed by atoms with Gasteiger partial charge in [0.2, 0.25) is 5.91 Å². The molecule has 5 amide bonds. The number of hydrogen-bond donors (Lipinski definition) is 4. The van der Waals surface area contributed by atoms with Gasteiger partial charge in [-0.2, -0.15) is 0 Å². The second kappa shape index (κ2) is 14.9. The van der Waals surface area contributed by atoms with Crippen molar-refractivity contribution in [1.82, 2.24) is 9.80 Å². The van der Waals surface area contributed by atoms with Crippen molar-refractivity contribution in [1.29, 1.82) is 0 Å². The van der Waals surface area contributed by atoms with Crippen molar-refractivity contribution in [2.24, 2.45) is 5.92 Å². The zero-order chi connectivity index (χ0) is 33.5. The van der Waals surface area contributed by atoms with Crippen molar-refractivity contribution in [2.75, 3.05) is 49.8 Å². The molecule has 246 valence electrons. The Hall–Kier alpha value is -5.29. The number of aliphatic hydroxyl groups excluding tert-OH is 1. The standard InChI is InChI=1S/C36H41N5O6/c1-23-20-41(24(2)22-42)34(43)19-26-18-28(38-35(44)37-27-12-15-29(46-4)16-13-27)14-17-32(26)47-33(23)21-40(3)36(45)39-31-11-7-9-25-8-5-6-10-30(25)31/h5-18,23-24,33,42H,19-22H2,1-4H3,(H,39,45)(H2,37,38,44)/t23-,24-,33+/m0/s1. The first-order valence-electron chi connectivity index (χ1n) is 15.6. The number of urea groups is 2. The van der Waals surface area contributed by atoms with Crippen LogP contribution in [0.25, 0.3) is 10.8 Å². The molecule has 4 aromatic carbocycles. The van der Waals surface area contributed by atoms with Gasteiger partial charge in [-0.1, -0.05) is 43.3 Å². The average molecular weight is 640 g/mol. The van der Waals surface area contributed by atoms with Gasteiger partial charge in [0.1, 0.15) is 17.6 Å². The molecule has 47 heavy (non-hydrogen) atoms. The SMILES string of the molecule is COc1ccc(NC(=O)Nc2ccc3c(c2)CC(=O)N([C@@H](C)CO)C[C@H](C)[C@@H](CN(C)C(=O)Nc2cccc4ccccc24)O3)cc1. The van der Waals surface area contributed by atoms with E-state index in [1.54, 1.807) is 73.3 Å². The molecule has 1 aliphatic heterocycles. The number of likely N-dealkylation sites (N-methyl/N-ethyl adjacent to an activating group) is 1. The summed E-state index contributed by atoms with van der Waals surface area (Å²) in [6.45, 7) is 4.13. The predicted octanol–water partition coefficient (Wildman–Crippen LogP) is 5.81. The van der Waals surface area contributed by atoms with Gasteiger partial charge in [-0.05, 0) is 60.8 Å². The minimum atomic E-state index is -0.492. The number of aliphatic hydroxyl groups is 1. The van der Waals surface area contributed by atoms with Gasteiger partial charge in [0.15, 0.2) is 0 Å². The fourth-order valence-corrected chi connectivity index (χ4v) is 5.59. The Morgan fingerprint density at radius 2 is 1.70 bits per heavy atom. The Labute approximate surface area is 274 Å². The first-order chi connectivity index (χ1) is 22.6. The van der Waals surface area contributed by atoms with Gasteiger partial charge in [0.25, 0.3) is 0 Å². The Morgan fingerprint density at radius 1 is 1.00 bits per heavy atom. The van der Waals surface area contributed by atoms with E-state index in [2.05, 4.69) is 16.0 Å². The highest BCUT2D eigenvalue weighted by Gasteiger charge is 2.32. The van der Waals surface area contributed by atoms with Crippen LogP contribution < -0.4 is 25.4 Å². The Balaban J connectivity index is 1.35. The minimum Gasteiger partial charge on any atom is -0.497 e. The Bertz CT molecular complexity index is 1720. The number of rotatable bonds is 8. The van der Waals surface area contributed by atoms with E-state index in [4.69, 9.17) is 9.47 Å². The predicted molar refractivity (Wildman–Crippen MR) is 183 cm³/mol. The fourth-order valence-electron chi connectivity index (χ4n) is 5.59. The third-order valence-corrected chi connectivity index (χ3v) is 8.35. The maximum atomic E-state index is 13.6. The zero-order valence-electron chi connectivity index (χ0n) is 27.0. The van der Waals surface area contributed by atoms with Crippen LogP contribution in [0.4, 0.5) is 26.7 Å². The molecule has 1 aliphatic rings. The highest BCUT2D eigenvalue weighted by atomic mass is 16.5. The normalized spacial score (nSPS) is 16.9. The van der Waals surface area contributed by atoms with E-state index in [0.29, 0.717) is 40.7 Å². The van der Waals surface area contributed by atoms with E-state index >= 15 is 0 Å². The second-order valence-electron chi connectivity index (χ2n) is 11.9. The summed E-state index contributed by atoms with van der Waals surface area (Å²) >= 11 is 0. The number of carbonyl (C=O) groups is 3. The summed E-state index contributed by atoms with van der Waals surface area (Å²) in [5.41, 5.74) is 2.35. The molecule has 0 spiro atoms. The number of anilines is 3. The monoisotopic (exact) mass is 639 g/mol. The van der Waals surface area contributed by atoms with Crippen LogP contribution in [0.2, 0.25) is 0 Å². The molecule has 0 aliphatic carbocycles. The van der Waals surface area contributed by atoms with Crippen LogP contribution in [-0.4, -0.2) is 78.9 Å². The molecule has 4 aromatic rings. The number of nitrogens with zero attached hydrogens (tertiary/aromatic N) is 2. The van der Waals surface area contributed by atoms with Gasteiger partial charge in [-0.25, -0.2) is 9.59 Å². The van der Waals surface area contributed by atoms with Crippen molar-refractivity contribution in [3.63, 3.8) is 0 Å². The number of methoxy groups -OCH3 is 1. The van der Waals surface area contributed by atoms with E-state index < -0.39 is 18.2 Å². The number of benzene rings is 4. The maximum absolute atomic E-state index is 13.6. The third kappa shape index (κ3) is 8.11. The lowest BCUT2D eigenvalue weighted by atomic mass is 10.0. The van der Waals surface area contributed by atoms with E-state index in [1.165, 1.54) is 0 Å². The summed E-state index contributed by atoms with van der Waals surface area (Å²) in [7, 11) is 3.28. The quantitative estimate of drug-likeness (QED) is 0.193. The lowest BCUT2D eigenvalue weighted by molar-refractivity contribution is -0.134. The van der Waals surface area contributed by atoms with E-state index in [9.17, 15) is 19.5 Å². The van der Waals surface area contributed by atoms with E-state index in [0.717, 1.165) is 10.8 Å². The first kappa shape index (κ1) is 33.1. The summed E-state index contributed by atoms with van der Waals surface area (Å²) in [6, 6.07) is 24.5. The van der Waals surface area contributed by atoms with Gasteiger partial charge < -0.3 is 40.3 Å². The molecule has 3 atom stereocenters. The van der Waals surface area contributed by atoms with Crippen molar-refractivity contribution in [3.05, 3.63) is 90.5 Å². The molecule has 0 bridgehead atoms. The maximum Gasteiger partial charge on any atom is 0.323 e. The van der Waals surface area contributed by atoms with Crippen LogP contribution in [0, 0.1) is 5.92 Å². The van der Waals surface area contributed by atoms with E-state index in [1.807, 2.05) is 49.4 Å². The molecule has 0 aromatic heterocycles. The molecule has 0 radical (unpaired) electrons. The highest BCUT2D eigenvalue weighted by molar-refractivity contribution is 6.01. The zero-order valence-corrected chi connectivity index (χ0v) is 27.0. The topological polar surface area (TPSA) is 132 Å². The largest absolute Gasteiger partial charge is 0.497 e. The molecular weight excluding hydrogens is 598 g/mol. The third-order valence-electron chi connectivity index (χ3n) is 8.35. The number of ether oxygens (including phenoxy) is 2. The molecule has 0 fully saturated rings. The van der Waals surface area contributed by atoms with Crippen molar-refractivity contribution >= 4 is 45.8 Å². The van der Waals surface area contributed by atoms with Gasteiger partial charge in [-0.3, -0.25) is 4.79 Å². The van der Waals surface area contributed by atoms with Crippen molar-refractivity contribution < 1.29 is 29.0 Å². The minimum absolute atomic E-state index is 0.00609. The highest BCUT2D eigenvalue weighted by Crippen LogP contribution is 2.30. The van der Waals surface area contributed by atoms with Crippen LogP contribution in [0.15, 0.2) is 84.9 Å². The van der Waals surface area contributed by atoms with Crippen LogP contribution >= 0.6 is 0 Å². The molecule has 0 unspecified atom stereocenters. The van der Waals surface area contributed by atoms with Crippen molar-refractivity contribution in [2.45, 2.75) is 32.4 Å². The molecule has 0 saturated heterocycles. The molecule has 0 saturated carbocycles. The second-order valence-corrected chi connectivity index (χ2v) is 11.9. The molecule has 11 heteroatoms. The molecule has 1 heterocycles. The lowest BCUT2D eigenvalue weighted by Gasteiger charge is -2.34. The van der Waals surface area contributed by atoms with E-state index in [-0.39, 0.29) is 37.4 Å². The number of fused-ring (bicyclic) bond motifs is 2. The van der Waals surface area contributed by atoms with Crippen LogP contribution in [0.5, 0.6) is 11.5 Å². The number of hydrogen-bond acceptors (Lipinski definition) is 6. The first-order valence-corrected chi connectivity index (χ1v) is 15.6. The summed E-state index contributed by atoms with van der Waals surface area (Å²) in [5, 5.41) is 20.5. The van der Waals surface area contributed by atoms with Gasteiger partial charge in [0.05, 0.1) is 38.4 Å². The lowest BCUT2D eigenvalue weighted by Crippen LogP contribution is -2.48. The summed E-state index contributed by atoms with van der Waals surface area (Å²) in [6.07, 6.45) is -0.486. The van der Waals surface area contributed by atoms with Crippen LogP contribution in [0.1, 0.15) is 19.4 Å². The average Bonchev–Trinajstić information content (AvgIpc) is 3.11. The number of amides is 5. The molecule has 5 rings (SSSR count). The summed E-state index contributed by atoms with van der Waals surface area (Å²) < 4.78 is 11.7. The Morgan fingerprint density at radius 3 is 2.45 bits per heavy atom. The Kier molecular flexibility index (Phi) is 10.5. The summed E-state index contributed by atoms with van der Waals surface area (Å²) in [4.78, 5) is 43.0. The molecular formula is C36H41N5O6. The van der Waals surface area contributed by atoms with Crippen LogP contribution in [0.3, 0.4) is 0 Å². The fraction of sp³-hybridized carbons (Fsp3) is 0.306.